The van der Waals surface area contributed by atoms with E-state index in [2.05, 4.69) is 0 Å². The Balaban J connectivity index is 0. The van der Waals surface area contributed by atoms with E-state index in [9.17, 15) is 14.7 Å². The number of hydrogen-bond acceptors (Lipinski definition) is 3. The molecule has 4 heteroatoms. The third kappa shape index (κ3) is 3.64. The maximum Gasteiger partial charge on any atom is 2.00 e. The van der Waals surface area contributed by atoms with Crippen LogP contribution < -0.4 is 5.11 Å². The Morgan fingerprint density at radius 1 is 1.50 bits per heavy atom. The summed E-state index contributed by atoms with van der Waals surface area (Å²) in [5.41, 5.74) is 0. The van der Waals surface area contributed by atoms with Crippen LogP contribution in [-0.4, -0.2) is 11.8 Å². The molecule has 61 valence electrons. The van der Waals surface area contributed by atoms with Crippen LogP contribution in [0.3, 0.4) is 0 Å². The zero-order chi connectivity index (χ0) is 7.44. The summed E-state index contributed by atoms with van der Waals surface area (Å²) < 4.78 is 0. The maximum atomic E-state index is 10.4. The molecule has 0 N–H and O–H groups in total. The van der Waals surface area contributed by atoms with Gasteiger partial charge in [0.25, 0.3) is 0 Å². The minimum atomic E-state index is -1.27. The number of ketones is 1. The third-order valence-electron chi connectivity index (χ3n) is 1.18. The molecule has 0 aliphatic heterocycles. The van der Waals surface area contributed by atoms with Gasteiger partial charge in [0.1, 0.15) is 5.78 Å². The average Bonchev–Trinajstić information content (AvgIpc) is 1.64. The van der Waals surface area contributed by atoms with Crippen molar-refractivity contribution in [3.63, 3.8) is 0 Å². The van der Waals surface area contributed by atoms with E-state index in [1.165, 1.54) is 6.92 Å². The standard InChI is InChI=1S/C6H10O3.Cu/c1-3-5(4(2)7)6(8)9;/h5H,3H2,1-2H3,(H,8,9);/q;+2/p-1. The summed E-state index contributed by atoms with van der Waals surface area (Å²) in [6.07, 6.45) is 0.317. The fourth-order valence-corrected chi connectivity index (χ4v) is 0.620. The molecule has 0 heterocycles. The first-order valence-electron chi connectivity index (χ1n) is 2.81. The molecule has 0 fully saturated rings. The van der Waals surface area contributed by atoms with Crippen LogP contribution in [0.2, 0.25) is 0 Å². The van der Waals surface area contributed by atoms with Crippen molar-refractivity contribution in [2.75, 3.05) is 0 Å². The minimum Gasteiger partial charge on any atom is -0.549 e. The Bertz CT molecular complexity index is 119. The Kier molecular flexibility index (Phi) is 6.72. The van der Waals surface area contributed by atoms with Gasteiger partial charge in [-0.1, -0.05) is 6.92 Å². The Morgan fingerprint density at radius 3 is 1.90 bits per heavy atom. The van der Waals surface area contributed by atoms with Crippen LogP contribution >= 0.6 is 0 Å². The number of Topliss-reactive ketones (excluding diaryl/α,β-unsaturated/α-hetero) is 1. The van der Waals surface area contributed by atoms with Crippen LogP contribution in [0.5, 0.6) is 0 Å². The van der Waals surface area contributed by atoms with Crippen LogP contribution in [0.15, 0.2) is 0 Å². The van der Waals surface area contributed by atoms with Gasteiger partial charge >= 0.3 is 17.1 Å². The first kappa shape index (κ1) is 12.3. The van der Waals surface area contributed by atoms with Gasteiger partial charge in [-0.15, -0.1) is 0 Å². The first-order chi connectivity index (χ1) is 4.09. The van der Waals surface area contributed by atoms with Gasteiger partial charge in [0, 0.05) is 0 Å². The fourth-order valence-electron chi connectivity index (χ4n) is 0.620. The van der Waals surface area contributed by atoms with Gasteiger partial charge in [-0.3, -0.25) is 4.79 Å². The van der Waals surface area contributed by atoms with Gasteiger partial charge < -0.3 is 9.90 Å². The number of carbonyl (C=O) groups excluding carboxylic acids is 2. The van der Waals surface area contributed by atoms with Gasteiger partial charge in [-0.2, -0.15) is 0 Å². The van der Waals surface area contributed by atoms with Crippen molar-refractivity contribution >= 4 is 11.8 Å². The normalized spacial score (nSPS) is 11.4. The summed E-state index contributed by atoms with van der Waals surface area (Å²) in [5, 5.41) is 10.0. The smallest absolute Gasteiger partial charge is 0.549 e. The summed E-state index contributed by atoms with van der Waals surface area (Å²) >= 11 is 0. The predicted octanol–water partition coefficient (Wildman–Crippen LogP) is -0.651. The Hall–Kier alpha value is -0.341. The second kappa shape index (κ2) is 5.44. The van der Waals surface area contributed by atoms with Crippen LogP contribution in [0, 0.1) is 5.92 Å². The first-order valence-corrected chi connectivity index (χ1v) is 2.81. The quantitative estimate of drug-likeness (QED) is 0.441. The number of rotatable bonds is 3. The van der Waals surface area contributed by atoms with Gasteiger partial charge in [0.15, 0.2) is 0 Å². The molecule has 0 amide bonds. The van der Waals surface area contributed by atoms with E-state index in [0.717, 1.165) is 0 Å². The van der Waals surface area contributed by atoms with E-state index in [1.54, 1.807) is 6.92 Å². The molecule has 0 bridgehead atoms. The summed E-state index contributed by atoms with van der Waals surface area (Å²) in [6, 6.07) is 0. The van der Waals surface area contributed by atoms with Crippen molar-refractivity contribution in [3.05, 3.63) is 0 Å². The molecule has 0 aromatic carbocycles. The van der Waals surface area contributed by atoms with E-state index in [-0.39, 0.29) is 22.9 Å². The summed E-state index contributed by atoms with van der Waals surface area (Å²) in [7, 11) is 0. The van der Waals surface area contributed by atoms with Gasteiger partial charge in [0.05, 0.1) is 11.9 Å². The second-order valence-electron chi connectivity index (χ2n) is 1.89. The fraction of sp³-hybridized carbons (Fsp3) is 0.667. The van der Waals surface area contributed by atoms with Crippen molar-refractivity contribution in [2.24, 2.45) is 5.92 Å². The van der Waals surface area contributed by atoms with Crippen molar-refractivity contribution in [2.45, 2.75) is 20.3 Å². The molecule has 0 aliphatic carbocycles. The van der Waals surface area contributed by atoms with E-state index < -0.39 is 11.9 Å². The molecule has 1 atom stereocenters. The molecule has 10 heavy (non-hydrogen) atoms. The van der Waals surface area contributed by atoms with Gasteiger partial charge in [-0.25, -0.2) is 0 Å². The van der Waals surface area contributed by atoms with E-state index >= 15 is 0 Å². The molecule has 0 aromatic rings. The zero-order valence-electron chi connectivity index (χ0n) is 5.81. The number of carboxylic acid groups (broad SMARTS) is 1. The van der Waals surface area contributed by atoms with Gasteiger partial charge in [-0.05, 0) is 13.3 Å². The van der Waals surface area contributed by atoms with E-state index in [1.807, 2.05) is 0 Å². The maximum absolute atomic E-state index is 10.4. The molecule has 0 saturated heterocycles. The third-order valence-corrected chi connectivity index (χ3v) is 1.18. The Labute approximate surface area is 70.3 Å². The molecule has 0 spiro atoms. The van der Waals surface area contributed by atoms with Crippen LogP contribution in [0.25, 0.3) is 0 Å². The van der Waals surface area contributed by atoms with Crippen LogP contribution in [-0.2, 0) is 26.7 Å². The van der Waals surface area contributed by atoms with Crippen molar-refractivity contribution in [1.29, 1.82) is 0 Å². The summed E-state index contributed by atoms with van der Waals surface area (Å²) in [6.45, 7) is 2.89. The molecule has 1 radical (unpaired) electrons. The number of carbonyl (C=O) groups is 2. The molecule has 0 aromatic heterocycles. The molecule has 3 nitrogen and oxygen atoms in total. The van der Waals surface area contributed by atoms with Crippen LogP contribution in [0.1, 0.15) is 20.3 Å². The van der Waals surface area contributed by atoms with Crippen molar-refractivity contribution < 1.29 is 31.8 Å². The van der Waals surface area contributed by atoms with E-state index in [4.69, 9.17) is 0 Å². The largest absolute Gasteiger partial charge is 2.00 e. The molecular formula is C6H9CuO3+. The second-order valence-corrected chi connectivity index (χ2v) is 1.89. The van der Waals surface area contributed by atoms with Gasteiger partial charge in [0.2, 0.25) is 0 Å². The number of aliphatic carboxylic acids is 1. The van der Waals surface area contributed by atoms with Crippen molar-refractivity contribution in [1.82, 2.24) is 0 Å². The Morgan fingerprint density at radius 2 is 1.90 bits per heavy atom. The predicted molar refractivity (Wildman–Crippen MR) is 29.5 cm³/mol. The number of carboxylic acids is 1. The van der Waals surface area contributed by atoms with Crippen LogP contribution in [0.4, 0.5) is 0 Å². The monoisotopic (exact) mass is 192 g/mol. The zero-order valence-corrected chi connectivity index (χ0v) is 6.75. The van der Waals surface area contributed by atoms with Crippen molar-refractivity contribution in [3.8, 4) is 0 Å². The summed E-state index contributed by atoms with van der Waals surface area (Å²) in [4.78, 5) is 20.4. The average molecular weight is 193 g/mol. The summed E-state index contributed by atoms with van der Waals surface area (Å²) in [5.74, 6) is -2.52. The molecule has 0 aliphatic rings. The molecule has 0 rings (SSSR count). The molecule has 1 unspecified atom stereocenters. The minimum absolute atomic E-state index is 0. The SMILES string of the molecule is CCC(C(C)=O)C(=O)[O-].[Cu+2]. The number of hydrogen-bond donors (Lipinski definition) is 0. The molecular weight excluding hydrogens is 184 g/mol. The molecule has 0 saturated carbocycles. The topological polar surface area (TPSA) is 57.2 Å². The van der Waals surface area contributed by atoms with E-state index in [0.29, 0.717) is 6.42 Å².